The molecule has 0 unspecified atom stereocenters. The van der Waals surface area contributed by atoms with Gasteiger partial charge >= 0.3 is 5.97 Å². The smallest absolute Gasteiger partial charge is 0.321 e. The Balaban J connectivity index is 1.58. The standard InChI is InChI=1S/C20H15ClN4O3S/c1-12-2-8-15(9-3-12)28-18(27)11-29-20-23-19(13-4-6-14(21)7-5-13)22-16-10-17(26)24-25(16)20/h2-10H,11H2,1H3,(H,24,26). The van der Waals surface area contributed by atoms with Crippen LogP contribution in [0.25, 0.3) is 17.0 Å². The largest absolute Gasteiger partial charge is 0.426 e. The van der Waals surface area contributed by atoms with Crippen molar-refractivity contribution < 1.29 is 9.53 Å². The highest BCUT2D eigenvalue weighted by Gasteiger charge is 2.14. The number of hydrogen-bond donors (Lipinski definition) is 1. The third-order valence-electron chi connectivity index (χ3n) is 4.00. The van der Waals surface area contributed by atoms with Crippen molar-refractivity contribution in [2.24, 2.45) is 0 Å². The van der Waals surface area contributed by atoms with Crippen LogP contribution in [0.1, 0.15) is 5.56 Å². The number of hydrogen-bond acceptors (Lipinski definition) is 6. The van der Waals surface area contributed by atoms with Crippen LogP contribution in [-0.2, 0) is 4.79 Å². The lowest BCUT2D eigenvalue weighted by molar-refractivity contribution is -0.131. The van der Waals surface area contributed by atoms with Gasteiger partial charge in [0.1, 0.15) is 5.75 Å². The highest BCUT2D eigenvalue weighted by molar-refractivity contribution is 7.99. The molecule has 4 aromatic rings. The molecule has 9 heteroatoms. The van der Waals surface area contributed by atoms with E-state index in [0.29, 0.717) is 27.4 Å². The summed E-state index contributed by atoms with van der Waals surface area (Å²) in [6.07, 6.45) is 0. The number of fused-ring (bicyclic) bond motifs is 1. The first kappa shape index (κ1) is 19.2. The van der Waals surface area contributed by atoms with Gasteiger partial charge in [-0.3, -0.25) is 14.7 Å². The maximum absolute atomic E-state index is 12.2. The van der Waals surface area contributed by atoms with Gasteiger partial charge in [0, 0.05) is 16.7 Å². The molecule has 0 aliphatic heterocycles. The molecule has 0 spiro atoms. The van der Waals surface area contributed by atoms with Crippen LogP contribution in [-0.4, -0.2) is 31.3 Å². The van der Waals surface area contributed by atoms with Gasteiger partial charge < -0.3 is 4.74 Å². The molecule has 0 radical (unpaired) electrons. The molecule has 29 heavy (non-hydrogen) atoms. The predicted molar refractivity (Wildman–Crippen MR) is 112 cm³/mol. The van der Waals surface area contributed by atoms with Crippen LogP contribution in [0, 0.1) is 6.92 Å². The minimum atomic E-state index is -0.423. The number of aryl methyl sites for hydroxylation is 1. The normalized spacial score (nSPS) is 11.0. The average molecular weight is 427 g/mol. The number of rotatable bonds is 5. The van der Waals surface area contributed by atoms with Gasteiger partial charge in [-0.2, -0.15) is 0 Å². The second-order valence-electron chi connectivity index (χ2n) is 6.23. The van der Waals surface area contributed by atoms with Gasteiger partial charge in [-0.1, -0.05) is 41.1 Å². The molecule has 146 valence electrons. The summed E-state index contributed by atoms with van der Waals surface area (Å²) in [5, 5.41) is 3.65. The van der Waals surface area contributed by atoms with Crippen LogP contribution in [0.15, 0.2) is 64.5 Å². The lowest BCUT2D eigenvalue weighted by Crippen LogP contribution is -2.12. The third-order valence-corrected chi connectivity index (χ3v) is 5.16. The predicted octanol–water partition coefficient (Wildman–Crippen LogP) is 3.74. The Hall–Kier alpha value is -3.10. The fourth-order valence-corrected chi connectivity index (χ4v) is 3.45. The Labute approximate surface area is 174 Å². The van der Waals surface area contributed by atoms with Crippen molar-refractivity contribution in [2.45, 2.75) is 12.1 Å². The summed E-state index contributed by atoms with van der Waals surface area (Å²) in [6, 6.07) is 15.6. The van der Waals surface area contributed by atoms with Crippen LogP contribution in [0.3, 0.4) is 0 Å². The maximum Gasteiger partial charge on any atom is 0.321 e. The Kier molecular flexibility index (Phi) is 5.37. The fourth-order valence-electron chi connectivity index (χ4n) is 2.60. The van der Waals surface area contributed by atoms with Crippen molar-refractivity contribution in [3.05, 3.63) is 75.5 Å². The summed E-state index contributed by atoms with van der Waals surface area (Å²) in [5.74, 6) is 0.494. The molecule has 0 aliphatic carbocycles. The van der Waals surface area contributed by atoms with E-state index >= 15 is 0 Å². The second kappa shape index (κ2) is 8.10. The highest BCUT2D eigenvalue weighted by Crippen LogP contribution is 2.23. The highest BCUT2D eigenvalue weighted by atomic mass is 35.5. The zero-order valence-electron chi connectivity index (χ0n) is 15.3. The molecule has 0 saturated heterocycles. The summed E-state index contributed by atoms with van der Waals surface area (Å²) in [5.41, 5.74) is 1.92. The summed E-state index contributed by atoms with van der Waals surface area (Å²) < 4.78 is 6.79. The zero-order valence-corrected chi connectivity index (χ0v) is 16.8. The molecule has 1 N–H and O–H groups in total. The van der Waals surface area contributed by atoms with Crippen LogP contribution in [0.5, 0.6) is 5.75 Å². The van der Waals surface area contributed by atoms with E-state index in [0.717, 1.165) is 22.9 Å². The van der Waals surface area contributed by atoms with Gasteiger partial charge in [0.2, 0.25) is 0 Å². The number of benzene rings is 2. The van der Waals surface area contributed by atoms with Gasteiger partial charge in [0.25, 0.3) is 5.56 Å². The van der Waals surface area contributed by atoms with E-state index in [-0.39, 0.29) is 11.3 Å². The number of nitrogens with one attached hydrogen (secondary N) is 1. The summed E-state index contributed by atoms with van der Waals surface area (Å²) in [4.78, 5) is 32.9. The van der Waals surface area contributed by atoms with Crippen molar-refractivity contribution in [3.63, 3.8) is 0 Å². The third kappa shape index (κ3) is 4.49. The monoisotopic (exact) mass is 426 g/mol. The number of ether oxygens (including phenoxy) is 1. The van der Waals surface area contributed by atoms with E-state index in [1.54, 1.807) is 36.4 Å². The molecule has 2 aromatic heterocycles. The van der Waals surface area contributed by atoms with Gasteiger partial charge in [0.05, 0.1) is 5.75 Å². The molecule has 7 nitrogen and oxygen atoms in total. The van der Waals surface area contributed by atoms with Gasteiger partial charge in [-0.15, -0.1) is 0 Å². The lowest BCUT2D eigenvalue weighted by Gasteiger charge is -2.08. The van der Waals surface area contributed by atoms with E-state index in [2.05, 4.69) is 15.1 Å². The molecule has 0 bridgehead atoms. The fraction of sp³-hybridized carbons (Fsp3) is 0.100. The van der Waals surface area contributed by atoms with E-state index < -0.39 is 5.97 Å². The quantitative estimate of drug-likeness (QED) is 0.297. The van der Waals surface area contributed by atoms with Crippen molar-refractivity contribution in [1.82, 2.24) is 19.6 Å². The molecule has 0 amide bonds. The minimum Gasteiger partial charge on any atom is -0.426 e. The first-order chi connectivity index (χ1) is 14.0. The number of aromatic nitrogens is 4. The zero-order chi connectivity index (χ0) is 20.4. The summed E-state index contributed by atoms with van der Waals surface area (Å²) in [6.45, 7) is 1.96. The SMILES string of the molecule is Cc1ccc(OC(=O)CSc2nc(-c3ccc(Cl)cc3)nc3cc(=O)[nH]n23)cc1. The first-order valence-electron chi connectivity index (χ1n) is 8.64. The van der Waals surface area contributed by atoms with E-state index in [4.69, 9.17) is 16.3 Å². The number of aromatic amines is 1. The number of H-pyrrole nitrogens is 1. The minimum absolute atomic E-state index is 0.0141. The number of halogens is 1. The van der Waals surface area contributed by atoms with E-state index in [1.807, 2.05) is 19.1 Å². The van der Waals surface area contributed by atoms with E-state index in [9.17, 15) is 9.59 Å². The molecule has 0 saturated carbocycles. The summed E-state index contributed by atoms with van der Waals surface area (Å²) >= 11 is 7.09. The lowest BCUT2D eigenvalue weighted by atomic mass is 10.2. The number of carbonyl (C=O) groups is 1. The second-order valence-corrected chi connectivity index (χ2v) is 7.61. The molecule has 4 rings (SSSR count). The number of nitrogens with zero attached hydrogens (tertiary/aromatic N) is 3. The average Bonchev–Trinajstić information content (AvgIpc) is 3.08. The Bertz CT molecular complexity index is 1230. The molecular weight excluding hydrogens is 412 g/mol. The number of thioether (sulfide) groups is 1. The topological polar surface area (TPSA) is 89.3 Å². The van der Waals surface area contributed by atoms with Gasteiger partial charge in [-0.25, -0.2) is 14.5 Å². The molecule has 0 atom stereocenters. The number of carbonyl (C=O) groups excluding carboxylic acids is 1. The molecule has 0 aliphatic rings. The van der Waals surface area contributed by atoms with Crippen LogP contribution in [0.2, 0.25) is 5.02 Å². The van der Waals surface area contributed by atoms with Crippen molar-refractivity contribution in [2.75, 3.05) is 5.75 Å². The van der Waals surface area contributed by atoms with Gasteiger partial charge in [0.15, 0.2) is 16.6 Å². The van der Waals surface area contributed by atoms with Crippen LogP contribution >= 0.6 is 23.4 Å². The van der Waals surface area contributed by atoms with E-state index in [1.165, 1.54) is 10.6 Å². The number of esters is 1. The molecule has 2 heterocycles. The Morgan fingerprint density at radius 2 is 1.86 bits per heavy atom. The van der Waals surface area contributed by atoms with Crippen LogP contribution in [0.4, 0.5) is 0 Å². The van der Waals surface area contributed by atoms with Crippen molar-refractivity contribution in [1.29, 1.82) is 0 Å². The molecule has 0 fully saturated rings. The van der Waals surface area contributed by atoms with Crippen molar-refractivity contribution >= 4 is 35.0 Å². The maximum atomic E-state index is 12.2. The molecular formula is C20H15ClN4O3S. The first-order valence-corrected chi connectivity index (χ1v) is 10.0. The summed E-state index contributed by atoms with van der Waals surface area (Å²) in [7, 11) is 0. The van der Waals surface area contributed by atoms with Crippen molar-refractivity contribution in [3.8, 4) is 17.1 Å². The van der Waals surface area contributed by atoms with Gasteiger partial charge in [-0.05, 0) is 43.3 Å². The Morgan fingerprint density at radius 3 is 2.59 bits per heavy atom. The Morgan fingerprint density at radius 1 is 1.14 bits per heavy atom. The van der Waals surface area contributed by atoms with Crippen LogP contribution < -0.4 is 10.3 Å². The molecule has 2 aromatic carbocycles.